The highest BCUT2D eigenvalue weighted by Gasteiger charge is 2.13. The molecule has 0 aromatic rings. The van der Waals surface area contributed by atoms with Gasteiger partial charge in [-0.2, -0.15) is 8.42 Å². The monoisotopic (exact) mass is 292 g/mol. The lowest BCUT2D eigenvalue weighted by Gasteiger charge is -2.23. The minimum atomic E-state index is -3.67. The first-order chi connectivity index (χ1) is 8.76. The third kappa shape index (κ3) is 12.0. The summed E-state index contributed by atoms with van der Waals surface area (Å²) in [5.74, 6) is 0.881. The molecule has 0 saturated heterocycles. The van der Waals surface area contributed by atoms with Gasteiger partial charge < -0.3 is 9.80 Å². The van der Waals surface area contributed by atoms with Crippen LogP contribution in [0.1, 0.15) is 39.5 Å². The highest BCUT2D eigenvalue weighted by atomic mass is 32.2. The Hall–Kier alpha value is -0.750. The van der Waals surface area contributed by atoms with Crippen LogP contribution < -0.4 is 0 Å². The number of rotatable bonds is 6. The van der Waals surface area contributed by atoms with E-state index in [1.165, 1.54) is 32.2 Å². The van der Waals surface area contributed by atoms with Crippen molar-refractivity contribution in [3.8, 4) is 0 Å². The zero-order valence-corrected chi connectivity index (χ0v) is 13.4. The first kappa shape index (κ1) is 18.2. The molecular weight excluding hydrogens is 264 g/mol. The maximum absolute atomic E-state index is 9.19. The number of hydrogen-bond acceptors (Lipinski definition) is 4. The normalized spacial score (nSPS) is 16.3. The molecule has 0 amide bonds. The van der Waals surface area contributed by atoms with E-state index in [0.717, 1.165) is 12.6 Å². The largest absolute Gasteiger partial charge is 0.362 e. The van der Waals surface area contributed by atoms with E-state index >= 15 is 0 Å². The Labute approximate surface area is 118 Å². The Kier molecular flexibility index (Phi) is 8.84. The zero-order chi connectivity index (χ0) is 14.9. The topological polar surface area (TPSA) is 60.9 Å². The summed E-state index contributed by atoms with van der Waals surface area (Å²) in [7, 11) is -1.54. The molecule has 6 heteroatoms. The van der Waals surface area contributed by atoms with E-state index in [4.69, 9.17) is 4.55 Å². The molecule has 19 heavy (non-hydrogen) atoms. The van der Waals surface area contributed by atoms with Crippen molar-refractivity contribution in [3.05, 3.63) is 12.4 Å². The standard InChI is InChI=1S/C12H24N2.CH4O3S/c1-4-6-7-12(5-2)10-14-9-8-13(3)11-14;1-5(2,3)4/h8-9,12H,4-7,10-11H2,1-3H3;1H3,(H,2,3,4). The van der Waals surface area contributed by atoms with Crippen LogP contribution in [-0.2, 0) is 10.1 Å². The van der Waals surface area contributed by atoms with Gasteiger partial charge in [0.2, 0.25) is 0 Å². The average molecular weight is 292 g/mol. The molecule has 0 spiro atoms. The fourth-order valence-corrected chi connectivity index (χ4v) is 1.96. The van der Waals surface area contributed by atoms with Crippen molar-refractivity contribution in [2.24, 2.45) is 5.92 Å². The van der Waals surface area contributed by atoms with Crippen LogP contribution in [0, 0.1) is 5.92 Å². The molecular formula is C13H28N2O3S. The molecule has 1 aliphatic rings. The lowest BCUT2D eigenvalue weighted by Crippen LogP contribution is -2.27. The van der Waals surface area contributed by atoms with Crippen LogP contribution >= 0.6 is 0 Å². The summed E-state index contributed by atoms with van der Waals surface area (Å²) in [4.78, 5) is 4.65. The fraction of sp³-hybridized carbons (Fsp3) is 0.846. The number of unbranched alkanes of at least 4 members (excludes halogenated alkanes) is 1. The van der Waals surface area contributed by atoms with Gasteiger partial charge in [0.15, 0.2) is 0 Å². The molecule has 0 radical (unpaired) electrons. The van der Waals surface area contributed by atoms with Crippen LogP contribution in [0.3, 0.4) is 0 Å². The lowest BCUT2D eigenvalue weighted by molar-refractivity contribution is 0.246. The zero-order valence-electron chi connectivity index (χ0n) is 12.5. The van der Waals surface area contributed by atoms with Gasteiger partial charge in [-0.3, -0.25) is 4.55 Å². The Morgan fingerprint density at radius 2 is 1.89 bits per heavy atom. The van der Waals surface area contributed by atoms with Crippen molar-refractivity contribution in [2.45, 2.75) is 39.5 Å². The molecule has 0 aromatic heterocycles. The molecule has 0 aromatic carbocycles. The maximum Gasteiger partial charge on any atom is 0.261 e. The van der Waals surface area contributed by atoms with Crippen molar-refractivity contribution in [1.29, 1.82) is 0 Å². The Morgan fingerprint density at radius 1 is 1.32 bits per heavy atom. The maximum atomic E-state index is 9.19. The summed E-state index contributed by atoms with van der Waals surface area (Å²) < 4.78 is 25.9. The highest BCUT2D eigenvalue weighted by molar-refractivity contribution is 7.85. The van der Waals surface area contributed by atoms with E-state index in [1.807, 2.05) is 0 Å². The van der Waals surface area contributed by atoms with E-state index in [0.29, 0.717) is 6.26 Å². The molecule has 1 heterocycles. The Balaban J connectivity index is 0.000000555. The second-order valence-electron chi connectivity index (χ2n) is 5.12. The van der Waals surface area contributed by atoms with Gasteiger partial charge in [-0.25, -0.2) is 0 Å². The van der Waals surface area contributed by atoms with Gasteiger partial charge in [-0.05, 0) is 12.3 Å². The average Bonchev–Trinajstić information content (AvgIpc) is 2.68. The summed E-state index contributed by atoms with van der Waals surface area (Å²) >= 11 is 0. The van der Waals surface area contributed by atoms with E-state index in [-0.39, 0.29) is 0 Å². The van der Waals surface area contributed by atoms with Crippen molar-refractivity contribution in [1.82, 2.24) is 9.80 Å². The van der Waals surface area contributed by atoms with Gasteiger partial charge in [0, 0.05) is 26.0 Å². The van der Waals surface area contributed by atoms with E-state index in [1.54, 1.807) is 0 Å². The molecule has 114 valence electrons. The Bertz CT molecular complexity index is 347. The third-order valence-corrected chi connectivity index (χ3v) is 2.97. The van der Waals surface area contributed by atoms with Gasteiger partial charge in [0.1, 0.15) is 0 Å². The number of hydrogen-bond donors (Lipinski definition) is 1. The van der Waals surface area contributed by atoms with Crippen LogP contribution in [0.2, 0.25) is 0 Å². The summed E-state index contributed by atoms with van der Waals surface area (Å²) in [5.41, 5.74) is 0. The molecule has 0 saturated carbocycles. The second kappa shape index (κ2) is 9.20. The van der Waals surface area contributed by atoms with E-state index in [9.17, 15) is 8.42 Å². The quantitative estimate of drug-likeness (QED) is 0.762. The van der Waals surface area contributed by atoms with Crippen molar-refractivity contribution >= 4 is 10.1 Å². The van der Waals surface area contributed by atoms with Crippen LogP contribution in [0.4, 0.5) is 0 Å². The van der Waals surface area contributed by atoms with Crippen molar-refractivity contribution in [3.63, 3.8) is 0 Å². The van der Waals surface area contributed by atoms with Crippen LogP contribution in [0.25, 0.3) is 0 Å². The molecule has 0 fully saturated rings. The van der Waals surface area contributed by atoms with Gasteiger partial charge in [-0.1, -0.05) is 33.1 Å². The lowest BCUT2D eigenvalue weighted by atomic mass is 9.99. The molecule has 1 N–H and O–H groups in total. The summed E-state index contributed by atoms with van der Waals surface area (Å²) in [6.07, 6.45) is 10.5. The van der Waals surface area contributed by atoms with E-state index < -0.39 is 10.1 Å². The van der Waals surface area contributed by atoms with E-state index in [2.05, 4.69) is 43.1 Å². The van der Waals surface area contributed by atoms with Crippen LogP contribution in [0.5, 0.6) is 0 Å². The first-order valence-corrected chi connectivity index (χ1v) is 8.66. The SMILES string of the molecule is CCCCC(CC)CN1C=CN(C)C1.CS(=O)(=O)O. The molecule has 0 aliphatic carbocycles. The van der Waals surface area contributed by atoms with Gasteiger partial charge in [0.25, 0.3) is 10.1 Å². The Morgan fingerprint density at radius 3 is 2.26 bits per heavy atom. The minimum Gasteiger partial charge on any atom is -0.362 e. The first-order valence-electron chi connectivity index (χ1n) is 6.81. The highest BCUT2D eigenvalue weighted by Crippen LogP contribution is 2.16. The predicted octanol–water partition coefficient (Wildman–Crippen LogP) is 2.38. The predicted molar refractivity (Wildman–Crippen MR) is 79.3 cm³/mol. The number of nitrogens with zero attached hydrogens (tertiary/aromatic N) is 2. The molecule has 1 unspecified atom stereocenters. The molecule has 1 atom stereocenters. The van der Waals surface area contributed by atoms with Gasteiger partial charge in [-0.15, -0.1) is 0 Å². The fourth-order valence-electron chi connectivity index (χ4n) is 1.96. The molecule has 1 rings (SSSR count). The van der Waals surface area contributed by atoms with Crippen LogP contribution in [0.15, 0.2) is 12.4 Å². The summed E-state index contributed by atoms with van der Waals surface area (Å²) in [6, 6.07) is 0. The minimum absolute atomic E-state index is 0.715. The van der Waals surface area contributed by atoms with Crippen LogP contribution in [-0.4, -0.2) is 49.3 Å². The molecule has 0 bridgehead atoms. The van der Waals surface area contributed by atoms with Crippen molar-refractivity contribution in [2.75, 3.05) is 26.5 Å². The summed E-state index contributed by atoms with van der Waals surface area (Å²) in [5, 5.41) is 0. The third-order valence-electron chi connectivity index (χ3n) is 2.97. The van der Waals surface area contributed by atoms with Crippen molar-refractivity contribution < 1.29 is 13.0 Å². The smallest absolute Gasteiger partial charge is 0.261 e. The molecule has 1 aliphatic heterocycles. The second-order valence-corrected chi connectivity index (χ2v) is 6.58. The van der Waals surface area contributed by atoms with Gasteiger partial charge in [0.05, 0.1) is 12.9 Å². The molecule has 5 nitrogen and oxygen atoms in total. The van der Waals surface area contributed by atoms with Gasteiger partial charge >= 0.3 is 0 Å². The summed E-state index contributed by atoms with van der Waals surface area (Å²) in [6.45, 7) is 6.89.